The summed E-state index contributed by atoms with van der Waals surface area (Å²) in [6.45, 7) is 0. The van der Waals surface area contributed by atoms with Crippen molar-refractivity contribution in [3.05, 3.63) is 52.5 Å². The Hall–Kier alpha value is -1.77. The molecule has 1 N–H and O–H groups in total. The van der Waals surface area contributed by atoms with Crippen molar-refractivity contribution in [1.29, 1.82) is 0 Å². The number of aromatic nitrogens is 2. The highest BCUT2D eigenvalue weighted by Crippen LogP contribution is 2.29. The molecule has 2 aromatic heterocycles. The molecule has 0 radical (unpaired) electrons. The van der Waals surface area contributed by atoms with Crippen LogP contribution in [0.2, 0.25) is 10.0 Å². The molecule has 92 valence electrons. The summed E-state index contributed by atoms with van der Waals surface area (Å²) < 4.78 is 0. The van der Waals surface area contributed by atoms with Crippen LogP contribution in [-0.2, 0) is 0 Å². The van der Waals surface area contributed by atoms with E-state index in [1.165, 1.54) is 0 Å². The number of nitrogens with one attached hydrogen (secondary N) is 1. The Bertz CT molecular complexity index is 932. The molecule has 0 fully saturated rings. The third kappa shape index (κ3) is 1.68. The molecular formula is C15H8Cl2N2. The fourth-order valence-electron chi connectivity index (χ4n) is 2.42. The Labute approximate surface area is 119 Å². The van der Waals surface area contributed by atoms with Crippen molar-refractivity contribution in [3.8, 4) is 0 Å². The summed E-state index contributed by atoms with van der Waals surface area (Å²) in [7, 11) is 0. The Morgan fingerprint density at radius 3 is 2.53 bits per heavy atom. The van der Waals surface area contributed by atoms with Gasteiger partial charge in [-0.2, -0.15) is 0 Å². The number of aromatic amines is 1. The second kappa shape index (κ2) is 3.86. The number of rotatable bonds is 0. The molecule has 0 aliphatic heterocycles. The Morgan fingerprint density at radius 1 is 0.842 bits per heavy atom. The second-order valence-electron chi connectivity index (χ2n) is 4.54. The number of hydrogen-bond acceptors (Lipinski definition) is 1. The van der Waals surface area contributed by atoms with E-state index in [4.69, 9.17) is 28.2 Å². The number of nitrogens with zero attached hydrogens (tertiary/aromatic N) is 1. The number of fused-ring (bicyclic) bond motifs is 4. The summed E-state index contributed by atoms with van der Waals surface area (Å²) in [5.74, 6) is 0. The Balaban J connectivity index is 2.19. The lowest BCUT2D eigenvalue weighted by Gasteiger charge is -1.98. The quantitative estimate of drug-likeness (QED) is 0.474. The molecule has 4 rings (SSSR count). The first-order valence-electron chi connectivity index (χ1n) is 5.88. The molecule has 0 saturated carbocycles. The van der Waals surface area contributed by atoms with Crippen molar-refractivity contribution in [2.75, 3.05) is 0 Å². The minimum absolute atomic E-state index is 0.714. The molecule has 0 saturated heterocycles. The number of pyridine rings is 1. The normalized spacial score (nSPS) is 11.7. The third-order valence-electron chi connectivity index (χ3n) is 3.28. The van der Waals surface area contributed by atoms with Crippen LogP contribution in [-0.4, -0.2) is 9.97 Å². The maximum Gasteiger partial charge on any atom is 0.0965 e. The van der Waals surface area contributed by atoms with E-state index in [2.05, 4.69) is 11.1 Å². The molecule has 0 aliphatic rings. The summed E-state index contributed by atoms with van der Waals surface area (Å²) in [6.07, 6.45) is 0. The van der Waals surface area contributed by atoms with E-state index >= 15 is 0 Å². The van der Waals surface area contributed by atoms with Crippen molar-refractivity contribution in [2.45, 2.75) is 0 Å². The van der Waals surface area contributed by atoms with E-state index in [1.54, 1.807) is 0 Å². The molecule has 0 amide bonds. The summed E-state index contributed by atoms with van der Waals surface area (Å²) in [4.78, 5) is 8.04. The molecule has 2 nitrogen and oxygen atoms in total. The van der Waals surface area contributed by atoms with Crippen LogP contribution in [0.15, 0.2) is 42.5 Å². The van der Waals surface area contributed by atoms with Gasteiger partial charge in [-0.3, -0.25) is 0 Å². The van der Waals surface area contributed by atoms with Crippen molar-refractivity contribution < 1.29 is 0 Å². The standard InChI is InChI=1S/C15H8Cl2N2/c16-9-2-4-12-8(5-9)6-14-15(19-12)11-3-1-10(17)7-13(11)18-14/h1-7,18H. The van der Waals surface area contributed by atoms with Gasteiger partial charge in [-0.15, -0.1) is 0 Å². The van der Waals surface area contributed by atoms with Crippen LogP contribution in [0.4, 0.5) is 0 Å². The molecule has 4 heteroatoms. The van der Waals surface area contributed by atoms with Gasteiger partial charge in [0, 0.05) is 26.3 Å². The van der Waals surface area contributed by atoms with E-state index in [-0.39, 0.29) is 0 Å². The first-order chi connectivity index (χ1) is 9.20. The average molecular weight is 287 g/mol. The predicted octanol–water partition coefficient (Wildman–Crippen LogP) is 5.18. The molecule has 0 aliphatic carbocycles. The minimum Gasteiger partial charge on any atom is -0.353 e. The molecule has 0 spiro atoms. The van der Waals surface area contributed by atoms with Gasteiger partial charge in [-0.1, -0.05) is 23.2 Å². The van der Waals surface area contributed by atoms with Gasteiger partial charge in [0.1, 0.15) is 0 Å². The maximum atomic E-state index is 6.01. The molecule has 0 unspecified atom stereocenters. The molecule has 2 heterocycles. The van der Waals surface area contributed by atoms with Gasteiger partial charge in [-0.05, 0) is 42.5 Å². The SMILES string of the molecule is Clc1ccc2nc3c(cc2c1)[nH]c1cc(Cl)ccc13. The number of hydrogen-bond donors (Lipinski definition) is 1. The van der Waals surface area contributed by atoms with Crippen LogP contribution in [0.25, 0.3) is 32.8 Å². The summed E-state index contributed by atoms with van der Waals surface area (Å²) >= 11 is 12.0. The highest BCUT2D eigenvalue weighted by molar-refractivity contribution is 6.32. The van der Waals surface area contributed by atoms with Gasteiger partial charge in [-0.25, -0.2) is 4.98 Å². The smallest absolute Gasteiger partial charge is 0.0965 e. The van der Waals surface area contributed by atoms with Crippen LogP contribution < -0.4 is 0 Å². The fourth-order valence-corrected chi connectivity index (χ4v) is 2.77. The zero-order valence-electron chi connectivity index (χ0n) is 9.74. The first-order valence-corrected chi connectivity index (χ1v) is 6.63. The fraction of sp³-hybridized carbons (Fsp3) is 0. The van der Waals surface area contributed by atoms with Crippen LogP contribution in [0.1, 0.15) is 0 Å². The number of H-pyrrole nitrogens is 1. The average Bonchev–Trinajstić information content (AvgIpc) is 2.72. The summed E-state index contributed by atoms with van der Waals surface area (Å²) in [6, 6.07) is 13.6. The van der Waals surface area contributed by atoms with E-state index in [9.17, 15) is 0 Å². The molecule has 4 aromatic rings. The highest BCUT2D eigenvalue weighted by Gasteiger charge is 2.08. The molecule has 0 atom stereocenters. The molecule has 19 heavy (non-hydrogen) atoms. The van der Waals surface area contributed by atoms with E-state index in [0.29, 0.717) is 10.0 Å². The monoisotopic (exact) mass is 286 g/mol. The predicted molar refractivity (Wildman–Crippen MR) is 81.1 cm³/mol. The van der Waals surface area contributed by atoms with Gasteiger partial charge in [0.05, 0.1) is 16.6 Å². The lowest BCUT2D eigenvalue weighted by Crippen LogP contribution is -1.80. The second-order valence-corrected chi connectivity index (χ2v) is 5.41. The van der Waals surface area contributed by atoms with Crippen molar-refractivity contribution in [3.63, 3.8) is 0 Å². The van der Waals surface area contributed by atoms with Crippen LogP contribution in [0.3, 0.4) is 0 Å². The highest BCUT2D eigenvalue weighted by atomic mass is 35.5. The van der Waals surface area contributed by atoms with Crippen LogP contribution >= 0.6 is 23.2 Å². The van der Waals surface area contributed by atoms with Crippen molar-refractivity contribution >= 4 is 56.0 Å². The Kier molecular flexibility index (Phi) is 2.25. The first kappa shape index (κ1) is 11.1. The largest absolute Gasteiger partial charge is 0.353 e. The number of benzene rings is 2. The van der Waals surface area contributed by atoms with Gasteiger partial charge in [0.15, 0.2) is 0 Å². The van der Waals surface area contributed by atoms with E-state index in [0.717, 1.165) is 32.8 Å². The van der Waals surface area contributed by atoms with Gasteiger partial charge < -0.3 is 4.98 Å². The van der Waals surface area contributed by atoms with Gasteiger partial charge in [0.2, 0.25) is 0 Å². The topological polar surface area (TPSA) is 28.7 Å². The molecular weight excluding hydrogens is 279 g/mol. The lowest BCUT2D eigenvalue weighted by molar-refractivity contribution is 1.49. The molecule has 0 bridgehead atoms. The Morgan fingerprint density at radius 2 is 1.63 bits per heavy atom. The van der Waals surface area contributed by atoms with Crippen molar-refractivity contribution in [2.24, 2.45) is 0 Å². The summed E-state index contributed by atoms with van der Waals surface area (Å²) in [5.41, 5.74) is 3.89. The van der Waals surface area contributed by atoms with Gasteiger partial charge >= 0.3 is 0 Å². The zero-order chi connectivity index (χ0) is 13.0. The van der Waals surface area contributed by atoms with Gasteiger partial charge in [0.25, 0.3) is 0 Å². The third-order valence-corrected chi connectivity index (χ3v) is 3.75. The van der Waals surface area contributed by atoms with E-state index < -0.39 is 0 Å². The lowest BCUT2D eigenvalue weighted by atomic mass is 10.2. The van der Waals surface area contributed by atoms with Crippen LogP contribution in [0, 0.1) is 0 Å². The molecule has 2 aromatic carbocycles. The summed E-state index contributed by atoms with van der Waals surface area (Å²) in [5, 5.41) is 3.54. The van der Waals surface area contributed by atoms with Crippen molar-refractivity contribution in [1.82, 2.24) is 9.97 Å². The maximum absolute atomic E-state index is 6.01. The van der Waals surface area contributed by atoms with Crippen LogP contribution in [0.5, 0.6) is 0 Å². The minimum atomic E-state index is 0.714. The number of halogens is 2. The van der Waals surface area contributed by atoms with E-state index in [1.807, 2.05) is 36.4 Å². The zero-order valence-corrected chi connectivity index (χ0v) is 11.3.